The second-order valence-corrected chi connectivity index (χ2v) is 6.11. The first-order valence-corrected chi connectivity index (χ1v) is 8.41. The first-order chi connectivity index (χ1) is 12.6. The Morgan fingerprint density at radius 3 is 2.77 bits per heavy atom. The van der Waals surface area contributed by atoms with Gasteiger partial charge in [0, 0.05) is 12.6 Å². The third-order valence-electron chi connectivity index (χ3n) is 3.50. The van der Waals surface area contributed by atoms with Crippen LogP contribution in [0.4, 0.5) is 5.69 Å². The van der Waals surface area contributed by atoms with E-state index in [0.717, 1.165) is 5.56 Å². The lowest BCUT2D eigenvalue weighted by Crippen LogP contribution is -2.01. The van der Waals surface area contributed by atoms with Gasteiger partial charge in [-0.1, -0.05) is 18.2 Å². The molecule has 0 saturated carbocycles. The Morgan fingerprint density at radius 2 is 2.12 bits per heavy atom. The molecule has 0 radical (unpaired) electrons. The van der Waals surface area contributed by atoms with Crippen LogP contribution in [0.15, 0.2) is 65.4 Å². The zero-order valence-corrected chi connectivity index (χ0v) is 14.7. The summed E-state index contributed by atoms with van der Waals surface area (Å²) in [7, 11) is 1.60. The SMILES string of the molecule is C=CCn1c(Sc2ccc([N+](=O)[O-])cn2)nnc1-c1ccccc1OC. The molecule has 0 bridgehead atoms. The average Bonchev–Trinajstić information content (AvgIpc) is 3.04. The van der Waals surface area contributed by atoms with Crippen molar-refractivity contribution in [2.75, 3.05) is 7.11 Å². The number of rotatable bonds is 7. The molecule has 3 rings (SSSR count). The van der Waals surface area contributed by atoms with Crippen molar-refractivity contribution in [1.29, 1.82) is 0 Å². The van der Waals surface area contributed by atoms with E-state index in [-0.39, 0.29) is 5.69 Å². The maximum atomic E-state index is 10.7. The second kappa shape index (κ2) is 7.79. The number of hydrogen-bond acceptors (Lipinski definition) is 7. The third kappa shape index (κ3) is 3.57. The van der Waals surface area contributed by atoms with Crippen molar-refractivity contribution in [2.45, 2.75) is 16.7 Å². The lowest BCUT2D eigenvalue weighted by atomic mass is 10.2. The molecule has 0 unspecified atom stereocenters. The lowest BCUT2D eigenvalue weighted by molar-refractivity contribution is -0.385. The summed E-state index contributed by atoms with van der Waals surface area (Å²) in [6.45, 7) is 4.28. The molecule has 0 aliphatic heterocycles. The summed E-state index contributed by atoms with van der Waals surface area (Å²) < 4.78 is 7.29. The van der Waals surface area contributed by atoms with E-state index in [2.05, 4.69) is 21.8 Å². The van der Waals surface area contributed by atoms with Crippen molar-refractivity contribution in [1.82, 2.24) is 19.7 Å². The molecule has 1 aromatic carbocycles. The van der Waals surface area contributed by atoms with Crippen molar-refractivity contribution in [2.24, 2.45) is 0 Å². The van der Waals surface area contributed by atoms with E-state index in [9.17, 15) is 10.1 Å². The van der Waals surface area contributed by atoms with Crippen LogP contribution in [-0.4, -0.2) is 31.8 Å². The predicted molar refractivity (Wildman–Crippen MR) is 97.2 cm³/mol. The van der Waals surface area contributed by atoms with E-state index >= 15 is 0 Å². The molecule has 3 aromatic rings. The Hall–Kier alpha value is -3.20. The van der Waals surface area contributed by atoms with E-state index in [0.29, 0.717) is 28.3 Å². The van der Waals surface area contributed by atoms with Gasteiger partial charge in [0.05, 0.1) is 17.6 Å². The largest absolute Gasteiger partial charge is 0.496 e. The number of benzene rings is 1. The number of ether oxygens (including phenoxy) is 1. The fourth-order valence-electron chi connectivity index (χ4n) is 2.32. The minimum Gasteiger partial charge on any atom is -0.496 e. The summed E-state index contributed by atoms with van der Waals surface area (Å²) in [4.78, 5) is 14.4. The van der Waals surface area contributed by atoms with Gasteiger partial charge in [0.2, 0.25) is 0 Å². The molecule has 0 saturated heterocycles. The molecule has 8 nitrogen and oxygen atoms in total. The van der Waals surface area contributed by atoms with Gasteiger partial charge < -0.3 is 4.74 Å². The molecule has 0 aliphatic rings. The van der Waals surface area contributed by atoms with E-state index in [4.69, 9.17) is 4.74 Å². The van der Waals surface area contributed by atoms with Crippen LogP contribution in [0, 0.1) is 10.1 Å². The highest BCUT2D eigenvalue weighted by atomic mass is 32.2. The number of allylic oxidation sites excluding steroid dienone is 1. The van der Waals surface area contributed by atoms with Crippen molar-refractivity contribution in [3.63, 3.8) is 0 Å². The zero-order chi connectivity index (χ0) is 18.5. The van der Waals surface area contributed by atoms with Crippen LogP contribution in [0.25, 0.3) is 11.4 Å². The quantitative estimate of drug-likeness (QED) is 0.357. The number of aromatic nitrogens is 4. The van der Waals surface area contributed by atoms with Crippen molar-refractivity contribution in [3.8, 4) is 17.1 Å². The van der Waals surface area contributed by atoms with Gasteiger partial charge in [-0.15, -0.1) is 16.8 Å². The van der Waals surface area contributed by atoms with E-state index in [1.807, 2.05) is 28.8 Å². The van der Waals surface area contributed by atoms with Gasteiger partial charge in [0.1, 0.15) is 17.0 Å². The molecule has 26 heavy (non-hydrogen) atoms. The predicted octanol–water partition coefficient (Wildman–Crippen LogP) is 3.59. The first kappa shape index (κ1) is 17.6. The summed E-state index contributed by atoms with van der Waals surface area (Å²) >= 11 is 1.27. The van der Waals surface area contributed by atoms with Crippen LogP contribution >= 0.6 is 11.8 Å². The molecule has 0 aliphatic carbocycles. The second-order valence-electron chi connectivity index (χ2n) is 5.12. The molecule has 0 spiro atoms. The highest BCUT2D eigenvalue weighted by molar-refractivity contribution is 7.99. The summed E-state index contributed by atoms with van der Waals surface area (Å²) in [5.41, 5.74) is 0.754. The zero-order valence-electron chi connectivity index (χ0n) is 13.9. The van der Waals surface area contributed by atoms with Gasteiger partial charge in [-0.3, -0.25) is 14.7 Å². The standard InChI is InChI=1S/C17H15N5O3S/c1-3-10-21-16(13-6-4-5-7-14(13)25-2)19-20-17(21)26-15-9-8-12(11-18-15)22(23)24/h3-9,11H,1,10H2,2H3. The normalized spacial score (nSPS) is 10.5. The molecular formula is C17H15N5O3S. The fourth-order valence-corrected chi connectivity index (χ4v) is 3.10. The highest BCUT2D eigenvalue weighted by Gasteiger charge is 2.18. The van der Waals surface area contributed by atoms with Crippen molar-refractivity contribution in [3.05, 3.63) is 65.4 Å². The topological polar surface area (TPSA) is 96.0 Å². The van der Waals surface area contributed by atoms with Gasteiger partial charge in [0.25, 0.3) is 5.69 Å². The van der Waals surface area contributed by atoms with Gasteiger partial charge in [-0.25, -0.2) is 4.98 Å². The van der Waals surface area contributed by atoms with Gasteiger partial charge in [-0.05, 0) is 30.0 Å². The number of nitrogens with zero attached hydrogens (tertiary/aromatic N) is 5. The highest BCUT2D eigenvalue weighted by Crippen LogP contribution is 2.33. The maximum absolute atomic E-state index is 10.7. The Labute approximate surface area is 153 Å². The van der Waals surface area contributed by atoms with Crippen LogP contribution < -0.4 is 4.74 Å². The lowest BCUT2D eigenvalue weighted by Gasteiger charge is -2.10. The molecule has 0 atom stereocenters. The molecule has 0 fully saturated rings. The molecule has 132 valence electrons. The number of nitro groups is 1. The van der Waals surface area contributed by atoms with Crippen LogP contribution in [0.5, 0.6) is 5.75 Å². The Kier molecular flexibility index (Phi) is 5.28. The Bertz CT molecular complexity index is 940. The number of para-hydroxylation sites is 1. The fraction of sp³-hybridized carbons (Fsp3) is 0.118. The summed E-state index contributed by atoms with van der Waals surface area (Å²) in [6.07, 6.45) is 2.97. The van der Waals surface area contributed by atoms with Gasteiger partial charge >= 0.3 is 0 Å². The summed E-state index contributed by atoms with van der Waals surface area (Å²) in [6, 6.07) is 10.5. The molecule has 2 heterocycles. The van der Waals surface area contributed by atoms with Crippen molar-refractivity contribution >= 4 is 17.4 Å². The molecular weight excluding hydrogens is 354 g/mol. The van der Waals surface area contributed by atoms with Crippen LogP contribution in [-0.2, 0) is 6.54 Å². The number of methoxy groups -OCH3 is 1. The first-order valence-electron chi connectivity index (χ1n) is 7.60. The average molecular weight is 369 g/mol. The molecule has 9 heteroatoms. The number of hydrogen-bond donors (Lipinski definition) is 0. The van der Waals surface area contributed by atoms with Crippen molar-refractivity contribution < 1.29 is 9.66 Å². The van der Waals surface area contributed by atoms with Gasteiger partial charge in [0.15, 0.2) is 11.0 Å². The Balaban J connectivity index is 1.97. The van der Waals surface area contributed by atoms with E-state index < -0.39 is 4.92 Å². The van der Waals surface area contributed by atoms with Crippen LogP contribution in [0.2, 0.25) is 0 Å². The summed E-state index contributed by atoms with van der Waals surface area (Å²) in [5, 5.41) is 20.4. The summed E-state index contributed by atoms with van der Waals surface area (Å²) in [5.74, 6) is 1.34. The van der Waals surface area contributed by atoms with Gasteiger partial charge in [-0.2, -0.15) is 0 Å². The maximum Gasteiger partial charge on any atom is 0.287 e. The number of pyridine rings is 1. The molecule has 2 aromatic heterocycles. The van der Waals surface area contributed by atoms with Crippen LogP contribution in [0.1, 0.15) is 0 Å². The molecule has 0 amide bonds. The smallest absolute Gasteiger partial charge is 0.287 e. The van der Waals surface area contributed by atoms with E-state index in [1.165, 1.54) is 24.0 Å². The minimum atomic E-state index is -0.485. The third-order valence-corrected chi connectivity index (χ3v) is 4.44. The Morgan fingerprint density at radius 1 is 1.31 bits per heavy atom. The minimum absolute atomic E-state index is 0.0587. The van der Waals surface area contributed by atoms with E-state index in [1.54, 1.807) is 19.3 Å². The molecule has 0 N–H and O–H groups in total. The monoisotopic (exact) mass is 369 g/mol. The van der Waals surface area contributed by atoms with Crippen LogP contribution in [0.3, 0.4) is 0 Å².